The van der Waals surface area contributed by atoms with E-state index < -0.39 is 0 Å². The summed E-state index contributed by atoms with van der Waals surface area (Å²) in [5.41, 5.74) is 3.23. The number of hydrogen-bond donors (Lipinski definition) is 2. The number of amides is 1. The number of nitrogens with one attached hydrogen (secondary N) is 1. The van der Waals surface area contributed by atoms with Gasteiger partial charge in [-0.3, -0.25) is 4.79 Å². The number of carbonyl (C=O) groups is 1. The summed E-state index contributed by atoms with van der Waals surface area (Å²) in [7, 11) is 4.00. The highest BCUT2D eigenvalue weighted by molar-refractivity contribution is 5.79. The molecular weight excluding hydrogens is 312 g/mol. The summed E-state index contributed by atoms with van der Waals surface area (Å²) in [6, 6.07) is 18.1. The van der Waals surface area contributed by atoms with E-state index in [0.717, 1.165) is 29.7 Å². The second-order valence-corrected chi connectivity index (χ2v) is 7.08. The van der Waals surface area contributed by atoms with Crippen LogP contribution in [0.4, 0.5) is 5.69 Å². The molecule has 1 saturated carbocycles. The van der Waals surface area contributed by atoms with Gasteiger partial charge in [-0.1, -0.05) is 42.5 Å². The zero-order chi connectivity index (χ0) is 17.8. The lowest BCUT2D eigenvalue weighted by molar-refractivity contribution is -0.122. The SMILES string of the molecule is CN(C)c1ccc(CC(=O)N[C@@H](c2ccccc2)C2CC(O)C2)cc1. The lowest BCUT2D eigenvalue weighted by atomic mass is 9.75. The van der Waals surface area contributed by atoms with Crippen LogP contribution in [0.2, 0.25) is 0 Å². The van der Waals surface area contributed by atoms with Crippen molar-refractivity contribution >= 4 is 11.6 Å². The molecule has 2 aromatic carbocycles. The van der Waals surface area contributed by atoms with Gasteiger partial charge in [0.05, 0.1) is 18.6 Å². The fourth-order valence-electron chi connectivity index (χ4n) is 3.36. The van der Waals surface area contributed by atoms with E-state index in [9.17, 15) is 9.90 Å². The molecule has 132 valence electrons. The van der Waals surface area contributed by atoms with Gasteiger partial charge in [-0.25, -0.2) is 0 Å². The van der Waals surface area contributed by atoms with Crippen LogP contribution in [0.15, 0.2) is 54.6 Å². The van der Waals surface area contributed by atoms with E-state index in [1.807, 2.05) is 73.6 Å². The van der Waals surface area contributed by atoms with Gasteiger partial charge in [0, 0.05) is 19.8 Å². The predicted octanol–water partition coefficient (Wildman–Crippen LogP) is 2.92. The second kappa shape index (κ2) is 7.70. The van der Waals surface area contributed by atoms with Gasteiger partial charge in [0.25, 0.3) is 0 Å². The van der Waals surface area contributed by atoms with Crippen molar-refractivity contribution in [3.8, 4) is 0 Å². The monoisotopic (exact) mass is 338 g/mol. The van der Waals surface area contributed by atoms with Crippen molar-refractivity contribution < 1.29 is 9.90 Å². The maximum atomic E-state index is 12.6. The average Bonchev–Trinajstić information content (AvgIpc) is 2.58. The van der Waals surface area contributed by atoms with Gasteiger partial charge in [-0.15, -0.1) is 0 Å². The summed E-state index contributed by atoms with van der Waals surface area (Å²) in [5, 5.41) is 12.8. The number of aliphatic hydroxyl groups is 1. The molecule has 1 aliphatic carbocycles. The summed E-state index contributed by atoms with van der Waals surface area (Å²) in [5.74, 6) is 0.324. The first-order valence-corrected chi connectivity index (χ1v) is 8.81. The van der Waals surface area contributed by atoms with Crippen LogP contribution >= 0.6 is 0 Å². The average molecular weight is 338 g/mol. The lowest BCUT2D eigenvalue weighted by Crippen LogP contribution is -2.41. The van der Waals surface area contributed by atoms with Crippen LogP contribution in [0.25, 0.3) is 0 Å². The highest BCUT2D eigenvalue weighted by Crippen LogP contribution is 2.38. The highest BCUT2D eigenvalue weighted by Gasteiger charge is 2.35. The van der Waals surface area contributed by atoms with E-state index in [1.165, 1.54) is 0 Å². The molecule has 1 atom stereocenters. The van der Waals surface area contributed by atoms with Crippen LogP contribution in [0.5, 0.6) is 0 Å². The highest BCUT2D eigenvalue weighted by atomic mass is 16.3. The fourth-order valence-corrected chi connectivity index (χ4v) is 3.36. The summed E-state index contributed by atoms with van der Waals surface area (Å²) in [4.78, 5) is 14.6. The molecule has 0 aromatic heterocycles. The number of hydrogen-bond acceptors (Lipinski definition) is 3. The Kier molecular flexibility index (Phi) is 5.39. The van der Waals surface area contributed by atoms with Crippen molar-refractivity contribution in [3.05, 3.63) is 65.7 Å². The number of benzene rings is 2. The van der Waals surface area contributed by atoms with Crippen molar-refractivity contribution in [1.29, 1.82) is 0 Å². The van der Waals surface area contributed by atoms with Crippen LogP contribution in [0.1, 0.15) is 30.0 Å². The van der Waals surface area contributed by atoms with E-state index in [2.05, 4.69) is 5.32 Å². The van der Waals surface area contributed by atoms with Crippen LogP contribution in [0.3, 0.4) is 0 Å². The van der Waals surface area contributed by atoms with E-state index in [1.54, 1.807) is 0 Å². The summed E-state index contributed by atoms with van der Waals surface area (Å²) in [6.45, 7) is 0. The number of rotatable bonds is 6. The molecule has 0 aliphatic heterocycles. The first-order chi connectivity index (χ1) is 12.0. The molecule has 0 saturated heterocycles. The number of nitrogens with zero attached hydrogens (tertiary/aromatic N) is 1. The van der Waals surface area contributed by atoms with Crippen LogP contribution < -0.4 is 10.2 Å². The molecule has 0 heterocycles. The molecule has 3 rings (SSSR count). The third-order valence-corrected chi connectivity index (χ3v) is 4.91. The fraction of sp³-hybridized carbons (Fsp3) is 0.381. The first kappa shape index (κ1) is 17.5. The first-order valence-electron chi connectivity index (χ1n) is 8.81. The van der Waals surface area contributed by atoms with Crippen molar-refractivity contribution in [3.63, 3.8) is 0 Å². The minimum Gasteiger partial charge on any atom is -0.393 e. The summed E-state index contributed by atoms with van der Waals surface area (Å²) < 4.78 is 0. The van der Waals surface area contributed by atoms with Gasteiger partial charge >= 0.3 is 0 Å². The van der Waals surface area contributed by atoms with E-state index in [0.29, 0.717) is 12.3 Å². The molecule has 0 bridgehead atoms. The van der Waals surface area contributed by atoms with Crippen LogP contribution in [-0.4, -0.2) is 31.2 Å². The smallest absolute Gasteiger partial charge is 0.224 e. The molecule has 4 heteroatoms. The predicted molar refractivity (Wildman–Crippen MR) is 101 cm³/mol. The Hall–Kier alpha value is -2.33. The zero-order valence-corrected chi connectivity index (χ0v) is 14.9. The Morgan fingerprint density at radius 3 is 2.32 bits per heavy atom. The molecule has 2 N–H and O–H groups in total. The molecular formula is C21H26N2O2. The Balaban J connectivity index is 1.66. The third kappa shape index (κ3) is 4.40. The van der Waals surface area contributed by atoms with Gasteiger partial charge in [-0.2, -0.15) is 0 Å². The number of anilines is 1. The molecule has 0 unspecified atom stereocenters. The van der Waals surface area contributed by atoms with Gasteiger partial charge < -0.3 is 15.3 Å². The molecule has 1 aliphatic rings. The Labute approximate surface area is 149 Å². The molecule has 0 spiro atoms. The number of carbonyl (C=O) groups excluding carboxylic acids is 1. The Bertz CT molecular complexity index is 692. The lowest BCUT2D eigenvalue weighted by Gasteiger charge is -2.38. The molecule has 2 aromatic rings. The van der Waals surface area contributed by atoms with E-state index >= 15 is 0 Å². The van der Waals surface area contributed by atoms with Gasteiger partial charge in [0.1, 0.15) is 0 Å². The van der Waals surface area contributed by atoms with Crippen molar-refractivity contribution in [2.75, 3.05) is 19.0 Å². The summed E-state index contributed by atoms with van der Waals surface area (Å²) >= 11 is 0. The van der Waals surface area contributed by atoms with Crippen molar-refractivity contribution in [1.82, 2.24) is 5.32 Å². The van der Waals surface area contributed by atoms with Crippen LogP contribution in [-0.2, 0) is 11.2 Å². The largest absolute Gasteiger partial charge is 0.393 e. The zero-order valence-electron chi connectivity index (χ0n) is 14.9. The maximum Gasteiger partial charge on any atom is 0.224 e. The van der Waals surface area contributed by atoms with E-state index in [-0.39, 0.29) is 18.1 Å². The van der Waals surface area contributed by atoms with Crippen molar-refractivity contribution in [2.24, 2.45) is 5.92 Å². The quantitative estimate of drug-likeness (QED) is 0.851. The third-order valence-electron chi connectivity index (χ3n) is 4.91. The molecule has 1 fully saturated rings. The standard InChI is InChI=1S/C21H26N2O2/c1-23(2)18-10-8-15(9-11-18)12-20(25)22-21(17-13-19(24)14-17)16-6-4-3-5-7-16/h3-11,17,19,21,24H,12-14H2,1-2H3,(H,22,25)/t17?,19?,21-/m0/s1. The minimum absolute atomic E-state index is 0.0212. The molecule has 1 amide bonds. The molecule has 4 nitrogen and oxygen atoms in total. The summed E-state index contributed by atoms with van der Waals surface area (Å²) in [6.07, 6.45) is 1.63. The van der Waals surface area contributed by atoms with Crippen LogP contribution in [0, 0.1) is 5.92 Å². The molecule has 0 radical (unpaired) electrons. The van der Waals surface area contributed by atoms with Gasteiger partial charge in [0.15, 0.2) is 0 Å². The van der Waals surface area contributed by atoms with E-state index in [4.69, 9.17) is 0 Å². The minimum atomic E-state index is -0.230. The van der Waals surface area contributed by atoms with Gasteiger partial charge in [-0.05, 0) is 42.0 Å². The normalized spacial score (nSPS) is 20.4. The topological polar surface area (TPSA) is 52.6 Å². The van der Waals surface area contributed by atoms with Gasteiger partial charge in [0.2, 0.25) is 5.91 Å². The van der Waals surface area contributed by atoms with Crippen molar-refractivity contribution in [2.45, 2.75) is 31.4 Å². The maximum absolute atomic E-state index is 12.6. The number of aliphatic hydroxyl groups excluding tert-OH is 1. The second-order valence-electron chi connectivity index (χ2n) is 7.08. The Morgan fingerprint density at radius 2 is 1.76 bits per heavy atom. The Morgan fingerprint density at radius 1 is 1.12 bits per heavy atom. The molecule has 25 heavy (non-hydrogen) atoms.